The fourth-order valence-corrected chi connectivity index (χ4v) is 5.33. The van der Waals surface area contributed by atoms with Crippen molar-refractivity contribution in [3.8, 4) is 11.4 Å². The van der Waals surface area contributed by atoms with Gasteiger partial charge in [0, 0.05) is 17.1 Å². The highest BCUT2D eigenvalue weighted by atomic mass is 35.5. The summed E-state index contributed by atoms with van der Waals surface area (Å²) in [6.45, 7) is 4.29. The van der Waals surface area contributed by atoms with Gasteiger partial charge in [-0.05, 0) is 62.1 Å². The summed E-state index contributed by atoms with van der Waals surface area (Å²) in [4.78, 5) is 4.74. The molecule has 6 nitrogen and oxygen atoms in total. The van der Waals surface area contributed by atoms with Gasteiger partial charge in [0.05, 0.1) is 4.90 Å². The van der Waals surface area contributed by atoms with Crippen LogP contribution in [0, 0.1) is 13.8 Å². The first-order valence-electron chi connectivity index (χ1n) is 9.05. The quantitative estimate of drug-likeness (QED) is 0.623. The molecule has 1 saturated heterocycles. The van der Waals surface area contributed by atoms with Crippen molar-refractivity contribution in [2.24, 2.45) is 0 Å². The van der Waals surface area contributed by atoms with Crippen LogP contribution >= 0.6 is 11.6 Å². The van der Waals surface area contributed by atoms with E-state index in [-0.39, 0.29) is 4.90 Å². The Morgan fingerprint density at radius 3 is 2.71 bits per heavy atom. The second-order valence-corrected chi connectivity index (χ2v) is 9.31. The zero-order valence-electron chi connectivity index (χ0n) is 15.6. The molecule has 0 bridgehead atoms. The van der Waals surface area contributed by atoms with Crippen LogP contribution in [0.3, 0.4) is 0 Å². The van der Waals surface area contributed by atoms with Crippen LogP contribution < -0.4 is 0 Å². The van der Waals surface area contributed by atoms with Crippen LogP contribution in [-0.4, -0.2) is 29.4 Å². The van der Waals surface area contributed by atoms with Gasteiger partial charge in [-0.15, -0.1) is 0 Å². The van der Waals surface area contributed by atoms with Crippen molar-refractivity contribution in [1.82, 2.24) is 14.4 Å². The first kappa shape index (κ1) is 19.1. The Bertz CT molecular complexity index is 1130. The maximum Gasteiger partial charge on any atom is 0.245 e. The molecule has 146 valence electrons. The van der Waals surface area contributed by atoms with Gasteiger partial charge < -0.3 is 4.52 Å². The molecule has 1 aromatic heterocycles. The second kappa shape index (κ2) is 7.31. The van der Waals surface area contributed by atoms with Gasteiger partial charge in [-0.1, -0.05) is 35.0 Å². The van der Waals surface area contributed by atoms with Gasteiger partial charge in [0.15, 0.2) is 0 Å². The summed E-state index contributed by atoms with van der Waals surface area (Å²) in [5.41, 5.74) is 2.72. The van der Waals surface area contributed by atoms with Gasteiger partial charge in [0.25, 0.3) is 0 Å². The summed E-state index contributed by atoms with van der Waals surface area (Å²) in [5.74, 6) is 0.702. The van der Waals surface area contributed by atoms with Crippen LogP contribution in [0.1, 0.15) is 35.9 Å². The Labute approximate surface area is 169 Å². The molecule has 2 heterocycles. The minimum absolute atomic E-state index is 0.289. The van der Waals surface area contributed by atoms with Crippen molar-refractivity contribution < 1.29 is 12.9 Å². The SMILES string of the molecule is Cc1ccc(S(=O)(=O)N2CCCC2c2nc(-c3cccc(Cl)c3)no2)cc1C. The number of hydrogen-bond donors (Lipinski definition) is 0. The molecule has 1 aliphatic rings. The van der Waals surface area contributed by atoms with E-state index in [0.29, 0.717) is 29.7 Å². The molecule has 0 saturated carbocycles. The van der Waals surface area contributed by atoms with Crippen molar-refractivity contribution in [2.75, 3.05) is 6.54 Å². The lowest BCUT2D eigenvalue weighted by Crippen LogP contribution is -2.31. The number of nitrogens with zero attached hydrogens (tertiary/aromatic N) is 3. The summed E-state index contributed by atoms with van der Waals surface area (Å²) in [6.07, 6.45) is 1.38. The number of halogens is 1. The fraction of sp³-hybridized carbons (Fsp3) is 0.300. The van der Waals surface area contributed by atoms with Crippen molar-refractivity contribution >= 4 is 21.6 Å². The molecule has 2 aromatic carbocycles. The van der Waals surface area contributed by atoms with Gasteiger partial charge in [0.1, 0.15) is 6.04 Å². The number of rotatable bonds is 4. The first-order chi connectivity index (χ1) is 13.4. The van der Waals surface area contributed by atoms with E-state index in [1.54, 1.807) is 30.3 Å². The Morgan fingerprint density at radius 2 is 1.96 bits per heavy atom. The van der Waals surface area contributed by atoms with Gasteiger partial charge in [-0.2, -0.15) is 9.29 Å². The third-order valence-corrected chi connectivity index (χ3v) is 7.24. The highest BCUT2D eigenvalue weighted by Gasteiger charge is 2.39. The van der Waals surface area contributed by atoms with E-state index in [1.165, 1.54) is 4.31 Å². The van der Waals surface area contributed by atoms with Crippen LogP contribution in [0.15, 0.2) is 51.9 Å². The molecule has 4 rings (SSSR count). The van der Waals surface area contributed by atoms with Gasteiger partial charge >= 0.3 is 0 Å². The number of aryl methyl sites for hydroxylation is 2. The van der Waals surface area contributed by atoms with E-state index in [0.717, 1.165) is 23.1 Å². The van der Waals surface area contributed by atoms with Gasteiger partial charge in [0.2, 0.25) is 21.7 Å². The maximum atomic E-state index is 13.2. The zero-order chi connectivity index (χ0) is 19.9. The lowest BCUT2D eigenvalue weighted by molar-refractivity contribution is 0.290. The summed E-state index contributed by atoms with van der Waals surface area (Å²) in [6, 6.07) is 11.9. The van der Waals surface area contributed by atoms with E-state index < -0.39 is 16.1 Å². The molecule has 1 unspecified atom stereocenters. The van der Waals surface area contributed by atoms with Crippen LogP contribution in [0.25, 0.3) is 11.4 Å². The van der Waals surface area contributed by atoms with Crippen molar-refractivity contribution in [3.05, 3.63) is 64.5 Å². The van der Waals surface area contributed by atoms with E-state index >= 15 is 0 Å². The fourth-order valence-electron chi connectivity index (χ4n) is 3.40. The van der Waals surface area contributed by atoms with E-state index in [9.17, 15) is 8.42 Å². The zero-order valence-corrected chi connectivity index (χ0v) is 17.2. The molecule has 0 amide bonds. The lowest BCUT2D eigenvalue weighted by Gasteiger charge is -2.21. The highest BCUT2D eigenvalue weighted by molar-refractivity contribution is 7.89. The minimum atomic E-state index is -3.65. The molecule has 1 fully saturated rings. The Hall–Kier alpha value is -2.22. The Kier molecular flexibility index (Phi) is 4.99. The van der Waals surface area contributed by atoms with Crippen molar-refractivity contribution in [1.29, 1.82) is 0 Å². The molecule has 0 radical (unpaired) electrons. The van der Waals surface area contributed by atoms with Gasteiger partial charge in [-0.3, -0.25) is 0 Å². The molecule has 8 heteroatoms. The normalized spacial score (nSPS) is 17.9. The Balaban J connectivity index is 1.66. The molecule has 1 atom stereocenters. The average Bonchev–Trinajstić information content (AvgIpc) is 3.33. The standard InChI is InChI=1S/C20H20ClN3O3S/c1-13-8-9-17(11-14(13)2)28(25,26)24-10-4-7-18(24)20-22-19(23-27-20)15-5-3-6-16(21)12-15/h3,5-6,8-9,11-12,18H,4,7,10H2,1-2H3. The largest absolute Gasteiger partial charge is 0.337 e. The number of aromatic nitrogens is 2. The van der Waals surface area contributed by atoms with Crippen LogP contribution in [0.4, 0.5) is 0 Å². The Morgan fingerprint density at radius 1 is 1.14 bits per heavy atom. The predicted molar refractivity (Wildman–Crippen MR) is 107 cm³/mol. The van der Waals surface area contributed by atoms with E-state index in [2.05, 4.69) is 10.1 Å². The van der Waals surface area contributed by atoms with Crippen molar-refractivity contribution in [2.45, 2.75) is 37.6 Å². The lowest BCUT2D eigenvalue weighted by atomic mass is 10.1. The maximum absolute atomic E-state index is 13.2. The molecule has 1 aliphatic heterocycles. The van der Waals surface area contributed by atoms with Gasteiger partial charge in [-0.25, -0.2) is 8.42 Å². The molecule has 3 aromatic rings. The van der Waals surface area contributed by atoms with Crippen LogP contribution in [-0.2, 0) is 10.0 Å². The summed E-state index contributed by atoms with van der Waals surface area (Å²) >= 11 is 6.03. The minimum Gasteiger partial charge on any atom is -0.337 e. The third kappa shape index (κ3) is 3.45. The molecule has 0 aliphatic carbocycles. The summed E-state index contributed by atoms with van der Waals surface area (Å²) < 4.78 is 33.3. The molecular weight excluding hydrogens is 398 g/mol. The highest BCUT2D eigenvalue weighted by Crippen LogP contribution is 2.36. The number of benzene rings is 2. The van der Waals surface area contributed by atoms with E-state index in [4.69, 9.17) is 16.1 Å². The number of sulfonamides is 1. The topological polar surface area (TPSA) is 76.3 Å². The third-order valence-electron chi connectivity index (χ3n) is 5.10. The average molecular weight is 418 g/mol. The smallest absolute Gasteiger partial charge is 0.245 e. The van der Waals surface area contributed by atoms with Crippen LogP contribution in [0.2, 0.25) is 5.02 Å². The monoisotopic (exact) mass is 417 g/mol. The van der Waals surface area contributed by atoms with Crippen molar-refractivity contribution in [3.63, 3.8) is 0 Å². The molecular formula is C20H20ClN3O3S. The van der Waals surface area contributed by atoms with Crippen LogP contribution in [0.5, 0.6) is 0 Å². The number of hydrogen-bond acceptors (Lipinski definition) is 5. The first-order valence-corrected chi connectivity index (χ1v) is 10.9. The predicted octanol–water partition coefficient (Wildman–Crippen LogP) is 4.53. The summed E-state index contributed by atoms with van der Waals surface area (Å²) in [5, 5.41) is 4.59. The second-order valence-electron chi connectivity index (χ2n) is 6.99. The van der Waals surface area contributed by atoms with E-state index in [1.807, 2.05) is 26.0 Å². The molecule has 0 spiro atoms. The summed E-state index contributed by atoms with van der Waals surface area (Å²) in [7, 11) is -3.65. The molecule has 28 heavy (non-hydrogen) atoms. The molecule has 0 N–H and O–H groups in total.